The van der Waals surface area contributed by atoms with Crippen molar-refractivity contribution < 1.29 is 32.6 Å². The molecule has 0 radical (unpaired) electrons. The summed E-state index contributed by atoms with van der Waals surface area (Å²) in [7, 11) is 4.29. The number of methoxy groups -OCH3 is 3. The lowest BCUT2D eigenvalue weighted by Gasteiger charge is -2.12. The van der Waals surface area contributed by atoms with E-state index in [1.807, 2.05) is 18.2 Å². The van der Waals surface area contributed by atoms with E-state index in [-0.39, 0.29) is 35.6 Å². The van der Waals surface area contributed by atoms with Gasteiger partial charge in [0.15, 0.2) is 11.5 Å². The first-order valence-corrected chi connectivity index (χ1v) is 11.0. The third-order valence-corrected chi connectivity index (χ3v) is 5.56. The molecule has 3 rings (SSSR count). The van der Waals surface area contributed by atoms with Gasteiger partial charge >= 0.3 is 5.97 Å². The normalized spacial score (nSPS) is 10.5. The fourth-order valence-corrected chi connectivity index (χ4v) is 3.70. The number of benzene rings is 3. The molecule has 0 aliphatic heterocycles. The average Bonchev–Trinajstić information content (AvgIpc) is 2.87. The summed E-state index contributed by atoms with van der Waals surface area (Å²) in [6.45, 7) is 0.00825. The lowest BCUT2D eigenvalue weighted by molar-refractivity contribution is -0.121. The number of ether oxygens (including phenoxy) is 3. The highest BCUT2D eigenvalue weighted by Gasteiger charge is 2.19. The van der Waals surface area contributed by atoms with Crippen molar-refractivity contribution in [1.29, 1.82) is 0 Å². The van der Waals surface area contributed by atoms with E-state index in [2.05, 4.69) is 10.1 Å². The molecular formula is C27H27F2NO5. The fraction of sp³-hybridized carbons (Fsp3) is 0.259. The van der Waals surface area contributed by atoms with Gasteiger partial charge in [0, 0.05) is 18.5 Å². The Morgan fingerprint density at radius 1 is 0.886 bits per heavy atom. The maximum atomic E-state index is 14.7. The van der Waals surface area contributed by atoms with Gasteiger partial charge in [0.2, 0.25) is 5.91 Å². The van der Waals surface area contributed by atoms with Crippen molar-refractivity contribution in [1.82, 2.24) is 5.32 Å². The van der Waals surface area contributed by atoms with Crippen LogP contribution in [0.15, 0.2) is 54.6 Å². The fourth-order valence-electron chi connectivity index (χ4n) is 3.70. The second-order valence-corrected chi connectivity index (χ2v) is 7.78. The highest BCUT2D eigenvalue weighted by Crippen LogP contribution is 2.29. The molecule has 0 aliphatic carbocycles. The van der Waals surface area contributed by atoms with E-state index in [1.54, 1.807) is 20.3 Å². The number of amides is 1. The second kappa shape index (κ2) is 12.0. The topological polar surface area (TPSA) is 73.9 Å². The van der Waals surface area contributed by atoms with Crippen molar-refractivity contribution in [3.63, 3.8) is 0 Å². The van der Waals surface area contributed by atoms with Crippen molar-refractivity contribution in [3.05, 3.63) is 82.9 Å². The number of carbonyl (C=O) groups excluding carboxylic acids is 2. The van der Waals surface area contributed by atoms with Crippen LogP contribution in [0, 0.1) is 11.6 Å². The predicted molar refractivity (Wildman–Crippen MR) is 127 cm³/mol. The molecule has 0 aliphatic rings. The summed E-state index contributed by atoms with van der Waals surface area (Å²) < 4.78 is 44.1. The molecule has 1 N–H and O–H groups in total. The van der Waals surface area contributed by atoms with Crippen LogP contribution < -0.4 is 14.8 Å². The zero-order chi connectivity index (χ0) is 25.4. The Morgan fingerprint density at radius 3 is 2.34 bits per heavy atom. The van der Waals surface area contributed by atoms with Gasteiger partial charge < -0.3 is 19.5 Å². The van der Waals surface area contributed by atoms with Gasteiger partial charge in [-0.15, -0.1) is 0 Å². The summed E-state index contributed by atoms with van der Waals surface area (Å²) in [5.41, 5.74) is 1.58. The molecular weight excluding hydrogens is 456 g/mol. The quantitative estimate of drug-likeness (QED) is 0.408. The summed E-state index contributed by atoms with van der Waals surface area (Å²) in [6.07, 6.45) is 1.56. The van der Waals surface area contributed by atoms with E-state index in [0.717, 1.165) is 18.7 Å². The third kappa shape index (κ3) is 6.35. The van der Waals surface area contributed by atoms with Gasteiger partial charge in [0.1, 0.15) is 17.2 Å². The summed E-state index contributed by atoms with van der Waals surface area (Å²) in [5.74, 6) is -1.10. The van der Waals surface area contributed by atoms with Crippen LogP contribution in [0.25, 0.3) is 11.1 Å². The van der Waals surface area contributed by atoms with E-state index in [0.29, 0.717) is 29.9 Å². The molecule has 0 aromatic heterocycles. The van der Waals surface area contributed by atoms with Crippen molar-refractivity contribution in [2.45, 2.75) is 25.8 Å². The maximum absolute atomic E-state index is 14.7. The molecule has 0 saturated carbocycles. The molecule has 0 fully saturated rings. The molecule has 3 aromatic carbocycles. The predicted octanol–water partition coefficient (Wildman–Crippen LogP) is 5.07. The van der Waals surface area contributed by atoms with E-state index in [4.69, 9.17) is 9.47 Å². The Balaban J connectivity index is 1.58. The van der Waals surface area contributed by atoms with E-state index in [9.17, 15) is 18.4 Å². The molecule has 8 heteroatoms. The van der Waals surface area contributed by atoms with Crippen LogP contribution >= 0.6 is 0 Å². The minimum Gasteiger partial charge on any atom is -0.493 e. The minimum absolute atomic E-state index is 0.00825. The minimum atomic E-state index is -0.845. The highest BCUT2D eigenvalue weighted by atomic mass is 19.1. The number of hydrogen-bond acceptors (Lipinski definition) is 5. The smallest absolute Gasteiger partial charge is 0.341 e. The Morgan fingerprint density at radius 2 is 1.66 bits per heavy atom. The number of hydrogen-bond donors (Lipinski definition) is 1. The van der Waals surface area contributed by atoms with Crippen LogP contribution in [0.2, 0.25) is 0 Å². The van der Waals surface area contributed by atoms with Crippen molar-refractivity contribution in [2.75, 3.05) is 21.3 Å². The zero-order valence-electron chi connectivity index (χ0n) is 19.8. The van der Waals surface area contributed by atoms with Gasteiger partial charge in [-0.05, 0) is 53.8 Å². The third-order valence-electron chi connectivity index (χ3n) is 5.56. The first kappa shape index (κ1) is 25.7. The molecule has 35 heavy (non-hydrogen) atoms. The second-order valence-electron chi connectivity index (χ2n) is 7.78. The van der Waals surface area contributed by atoms with E-state index < -0.39 is 17.6 Å². The van der Waals surface area contributed by atoms with Gasteiger partial charge in [-0.2, -0.15) is 0 Å². The van der Waals surface area contributed by atoms with E-state index in [1.165, 1.54) is 24.3 Å². The lowest BCUT2D eigenvalue weighted by Crippen LogP contribution is -2.23. The molecule has 0 spiro atoms. The number of aryl methyl sites for hydroxylation is 1. The zero-order valence-corrected chi connectivity index (χ0v) is 19.8. The average molecular weight is 484 g/mol. The van der Waals surface area contributed by atoms with Gasteiger partial charge in [-0.1, -0.05) is 30.3 Å². The number of halogens is 2. The Kier molecular flexibility index (Phi) is 8.78. The molecule has 0 heterocycles. The monoisotopic (exact) mass is 483 g/mol. The summed E-state index contributed by atoms with van der Waals surface area (Å²) >= 11 is 0. The summed E-state index contributed by atoms with van der Waals surface area (Å²) in [4.78, 5) is 24.2. The van der Waals surface area contributed by atoms with Gasteiger partial charge in [-0.3, -0.25) is 4.79 Å². The summed E-state index contributed by atoms with van der Waals surface area (Å²) in [5, 5.41) is 2.72. The number of rotatable bonds is 10. The molecule has 3 aromatic rings. The highest BCUT2D eigenvalue weighted by molar-refractivity contribution is 5.97. The Hall–Kier alpha value is -3.94. The number of carbonyl (C=O) groups is 2. The van der Waals surface area contributed by atoms with Crippen molar-refractivity contribution in [2.24, 2.45) is 0 Å². The van der Waals surface area contributed by atoms with Crippen molar-refractivity contribution in [3.8, 4) is 22.6 Å². The van der Waals surface area contributed by atoms with Gasteiger partial charge in [-0.25, -0.2) is 13.6 Å². The van der Waals surface area contributed by atoms with Crippen LogP contribution in [-0.4, -0.2) is 33.2 Å². The largest absolute Gasteiger partial charge is 0.493 e. The van der Waals surface area contributed by atoms with Crippen molar-refractivity contribution >= 4 is 11.9 Å². The van der Waals surface area contributed by atoms with Gasteiger partial charge in [0.25, 0.3) is 0 Å². The molecule has 0 unspecified atom stereocenters. The van der Waals surface area contributed by atoms with Crippen LogP contribution in [0.4, 0.5) is 8.78 Å². The molecule has 0 bridgehead atoms. The first-order chi connectivity index (χ1) is 16.9. The van der Waals surface area contributed by atoms with Crippen LogP contribution in [0.5, 0.6) is 11.5 Å². The number of esters is 1. The molecule has 0 saturated heterocycles. The Labute approximate surface area is 202 Å². The van der Waals surface area contributed by atoms with Crippen LogP contribution in [0.1, 0.15) is 34.3 Å². The lowest BCUT2D eigenvalue weighted by atomic mass is 9.98. The first-order valence-electron chi connectivity index (χ1n) is 11.0. The van der Waals surface area contributed by atoms with Crippen LogP contribution in [0.3, 0.4) is 0 Å². The van der Waals surface area contributed by atoms with Gasteiger partial charge in [0.05, 0.1) is 21.3 Å². The molecule has 6 nitrogen and oxygen atoms in total. The maximum Gasteiger partial charge on any atom is 0.341 e. The molecule has 1 amide bonds. The summed E-state index contributed by atoms with van der Waals surface area (Å²) in [6, 6.07) is 14.0. The molecule has 0 atom stereocenters. The van der Waals surface area contributed by atoms with E-state index >= 15 is 0 Å². The van der Waals surface area contributed by atoms with Crippen LogP contribution in [-0.2, 0) is 22.5 Å². The SMILES string of the molecule is COC(=O)c1c(F)cccc1-c1ccc(CNC(=O)CCCc2ccc(OC)c(OC)c2)c(F)c1. The number of nitrogens with one attached hydrogen (secondary N) is 1. The Bertz CT molecular complexity index is 1210. The molecule has 184 valence electrons. The standard InChI is InChI=1S/C27H27F2NO5/c1-33-23-13-10-17(14-24(23)34-2)6-4-9-25(31)30-16-19-12-11-18(15-22(19)29)20-7-5-8-21(28)26(20)27(32)35-3/h5,7-8,10-15H,4,6,9,16H2,1-3H3,(H,30,31).